The van der Waals surface area contributed by atoms with Gasteiger partial charge in [-0.2, -0.15) is 0 Å². The van der Waals surface area contributed by atoms with Gasteiger partial charge in [-0.25, -0.2) is 0 Å². The Labute approximate surface area is 87.6 Å². The first kappa shape index (κ1) is 12.0. The van der Waals surface area contributed by atoms with E-state index in [1.54, 1.807) is 0 Å². The van der Waals surface area contributed by atoms with Crippen molar-refractivity contribution < 1.29 is 4.74 Å². The molecule has 1 heterocycles. The third kappa shape index (κ3) is 4.40. The van der Waals surface area contributed by atoms with Crippen LogP contribution in [0.3, 0.4) is 0 Å². The van der Waals surface area contributed by atoms with E-state index in [1.165, 1.54) is 0 Å². The molecule has 1 saturated heterocycles. The van der Waals surface area contributed by atoms with Gasteiger partial charge in [0, 0.05) is 18.6 Å². The average Bonchev–Trinajstić information content (AvgIpc) is 2.02. The van der Waals surface area contributed by atoms with Crippen LogP contribution in [0.5, 0.6) is 0 Å². The van der Waals surface area contributed by atoms with Crippen LogP contribution in [0.4, 0.5) is 0 Å². The zero-order valence-electron chi connectivity index (χ0n) is 9.94. The number of ether oxygens (including phenoxy) is 1. The van der Waals surface area contributed by atoms with E-state index in [0.717, 1.165) is 32.7 Å². The Morgan fingerprint density at radius 2 is 2.14 bits per heavy atom. The van der Waals surface area contributed by atoms with Crippen molar-refractivity contribution in [3.8, 4) is 0 Å². The van der Waals surface area contributed by atoms with Crippen molar-refractivity contribution in [1.82, 2.24) is 10.6 Å². The Kier molecular flexibility index (Phi) is 3.93. The fraction of sp³-hybridized carbons (Fsp3) is 1.00. The second-order valence-electron chi connectivity index (χ2n) is 5.40. The van der Waals surface area contributed by atoms with E-state index in [2.05, 4.69) is 38.3 Å². The molecule has 1 unspecified atom stereocenters. The molecule has 1 atom stereocenters. The van der Waals surface area contributed by atoms with Crippen molar-refractivity contribution in [2.45, 2.75) is 45.3 Å². The van der Waals surface area contributed by atoms with Gasteiger partial charge in [0.2, 0.25) is 0 Å². The molecule has 0 spiro atoms. The first-order valence-corrected chi connectivity index (χ1v) is 5.51. The lowest BCUT2D eigenvalue weighted by molar-refractivity contribution is -0.0576. The van der Waals surface area contributed by atoms with Gasteiger partial charge >= 0.3 is 0 Å². The van der Waals surface area contributed by atoms with Crippen LogP contribution in [0, 0.1) is 0 Å². The largest absolute Gasteiger partial charge is 0.373 e. The molecule has 2 N–H and O–H groups in total. The van der Waals surface area contributed by atoms with E-state index in [0.29, 0.717) is 0 Å². The lowest BCUT2D eigenvalue weighted by Crippen LogP contribution is -2.50. The van der Waals surface area contributed by atoms with Gasteiger partial charge < -0.3 is 15.4 Å². The van der Waals surface area contributed by atoms with Crippen LogP contribution in [0.2, 0.25) is 0 Å². The monoisotopic (exact) mass is 200 g/mol. The highest BCUT2D eigenvalue weighted by Gasteiger charge is 2.27. The number of nitrogens with one attached hydrogen (secondary N) is 2. The molecule has 14 heavy (non-hydrogen) atoms. The molecule has 3 nitrogen and oxygen atoms in total. The highest BCUT2D eigenvalue weighted by atomic mass is 16.5. The lowest BCUT2D eigenvalue weighted by atomic mass is 10.00. The number of morpholine rings is 1. The summed E-state index contributed by atoms with van der Waals surface area (Å²) in [6.07, 6.45) is 1.07. The van der Waals surface area contributed by atoms with E-state index in [4.69, 9.17) is 4.74 Å². The summed E-state index contributed by atoms with van der Waals surface area (Å²) >= 11 is 0. The maximum Gasteiger partial charge on any atom is 0.0791 e. The van der Waals surface area contributed by atoms with Gasteiger partial charge in [0.25, 0.3) is 0 Å². The minimum absolute atomic E-state index is 0.0243. The molecule has 84 valence electrons. The molecule has 0 saturated carbocycles. The SMILES string of the molecule is CC(C)(C)NCCC1(C)CNCCO1. The van der Waals surface area contributed by atoms with Crippen LogP contribution < -0.4 is 10.6 Å². The molecule has 0 bridgehead atoms. The first-order chi connectivity index (χ1) is 6.41. The predicted molar refractivity (Wildman–Crippen MR) is 59.6 cm³/mol. The summed E-state index contributed by atoms with van der Waals surface area (Å²) < 4.78 is 5.78. The molecule has 0 radical (unpaired) electrons. The van der Waals surface area contributed by atoms with E-state index in [1.807, 2.05) is 0 Å². The van der Waals surface area contributed by atoms with Crippen LogP contribution in [-0.2, 0) is 4.74 Å². The van der Waals surface area contributed by atoms with Crippen LogP contribution in [0.25, 0.3) is 0 Å². The number of hydrogen-bond donors (Lipinski definition) is 2. The molecular weight excluding hydrogens is 176 g/mol. The summed E-state index contributed by atoms with van der Waals surface area (Å²) in [5.41, 5.74) is 0.231. The van der Waals surface area contributed by atoms with Crippen molar-refractivity contribution in [2.75, 3.05) is 26.2 Å². The van der Waals surface area contributed by atoms with E-state index in [9.17, 15) is 0 Å². The highest BCUT2D eigenvalue weighted by Crippen LogP contribution is 2.16. The van der Waals surface area contributed by atoms with Crippen molar-refractivity contribution >= 4 is 0 Å². The summed E-state index contributed by atoms with van der Waals surface area (Å²) in [6, 6.07) is 0. The highest BCUT2D eigenvalue weighted by molar-refractivity contribution is 4.83. The first-order valence-electron chi connectivity index (χ1n) is 5.51. The molecule has 1 aliphatic heterocycles. The zero-order chi connectivity index (χ0) is 10.7. The Hall–Kier alpha value is -0.120. The molecule has 0 aromatic heterocycles. The summed E-state index contributed by atoms with van der Waals surface area (Å²) in [6.45, 7) is 12.6. The molecule has 1 fully saturated rings. The van der Waals surface area contributed by atoms with Crippen molar-refractivity contribution in [3.63, 3.8) is 0 Å². The Balaban J connectivity index is 2.22. The zero-order valence-corrected chi connectivity index (χ0v) is 9.94. The lowest BCUT2D eigenvalue weighted by Gasteiger charge is -2.35. The third-order valence-electron chi connectivity index (χ3n) is 2.54. The van der Waals surface area contributed by atoms with Crippen LogP contribution >= 0.6 is 0 Å². The van der Waals surface area contributed by atoms with E-state index >= 15 is 0 Å². The molecule has 0 amide bonds. The molecule has 1 aliphatic rings. The Morgan fingerprint density at radius 1 is 1.43 bits per heavy atom. The van der Waals surface area contributed by atoms with E-state index in [-0.39, 0.29) is 11.1 Å². The minimum Gasteiger partial charge on any atom is -0.373 e. The molecular formula is C11H24N2O. The standard InChI is InChI=1S/C11H24N2O/c1-10(2,3)13-6-5-11(4)9-12-7-8-14-11/h12-13H,5-9H2,1-4H3. The average molecular weight is 200 g/mol. The number of rotatable bonds is 3. The van der Waals surface area contributed by atoms with Crippen molar-refractivity contribution in [2.24, 2.45) is 0 Å². The van der Waals surface area contributed by atoms with Crippen LogP contribution in [0.1, 0.15) is 34.1 Å². The van der Waals surface area contributed by atoms with E-state index < -0.39 is 0 Å². The fourth-order valence-corrected chi connectivity index (χ4v) is 1.64. The predicted octanol–water partition coefficient (Wildman–Crippen LogP) is 1.14. The smallest absolute Gasteiger partial charge is 0.0791 e. The summed E-state index contributed by atoms with van der Waals surface area (Å²) in [7, 11) is 0. The second-order valence-corrected chi connectivity index (χ2v) is 5.40. The van der Waals surface area contributed by atoms with Gasteiger partial charge in [-0.15, -0.1) is 0 Å². The molecule has 1 rings (SSSR count). The van der Waals surface area contributed by atoms with Gasteiger partial charge in [-0.1, -0.05) is 0 Å². The Bertz CT molecular complexity index is 169. The quantitative estimate of drug-likeness (QED) is 0.717. The normalized spacial score (nSPS) is 29.1. The van der Waals surface area contributed by atoms with Gasteiger partial charge in [0.1, 0.15) is 0 Å². The summed E-state index contributed by atoms with van der Waals surface area (Å²) in [5.74, 6) is 0. The molecule has 0 aliphatic carbocycles. The Morgan fingerprint density at radius 3 is 2.64 bits per heavy atom. The topological polar surface area (TPSA) is 33.3 Å². The van der Waals surface area contributed by atoms with Gasteiger partial charge in [0.05, 0.1) is 12.2 Å². The maximum atomic E-state index is 5.78. The number of hydrogen-bond acceptors (Lipinski definition) is 3. The van der Waals surface area contributed by atoms with Gasteiger partial charge in [-0.05, 0) is 40.7 Å². The second kappa shape index (κ2) is 4.60. The summed E-state index contributed by atoms with van der Waals surface area (Å²) in [4.78, 5) is 0. The third-order valence-corrected chi connectivity index (χ3v) is 2.54. The molecule has 0 aromatic rings. The van der Waals surface area contributed by atoms with Gasteiger partial charge in [0.15, 0.2) is 0 Å². The van der Waals surface area contributed by atoms with Crippen LogP contribution in [-0.4, -0.2) is 37.4 Å². The van der Waals surface area contributed by atoms with Crippen LogP contribution in [0.15, 0.2) is 0 Å². The maximum absolute atomic E-state index is 5.78. The fourth-order valence-electron chi connectivity index (χ4n) is 1.64. The van der Waals surface area contributed by atoms with Crippen molar-refractivity contribution in [3.05, 3.63) is 0 Å². The van der Waals surface area contributed by atoms with Crippen molar-refractivity contribution in [1.29, 1.82) is 0 Å². The molecule has 3 heteroatoms. The van der Waals surface area contributed by atoms with Gasteiger partial charge in [-0.3, -0.25) is 0 Å². The minimum atomic E-state index is 0.0243. The summed E-state index contributed by atoms with van der Waals surface area (Å²) in [5, 5.41) is 6.86. The molecule has 0 aromatic carbocycles.